The molecule has 0 bridgehead atoms. The number of fused-ring (bicyclic) bond motifs is 1. The van der Waals surface area contributed by atoms with Crippen LogP contribution in [0.15, 0.2) is 23.2 Å². The summed E-state index contributed by atoms with van der Waals surface area (Å²) in [5.74, 6) is 2.79. The van der Waals surface area contributed by atoms with Crippen molar-refractivity contribution in [1.29, 1.82) is 0 Å². The minimum atomic E-state index is -0.00617. The van der Waals surface area contributed by atoms with Gasteiger partial charge >= 0.3 is 0 Å². The molecule has 1 aromatic carbocycles. The molecule has 0 atom stereocenters. The highest BCUT2D eigenvalue weighted by Gasteiger charge is 2.44. The van der Waals surface area contributed by atoms with E-state index in [2.05, 4.69) is 29.3 Å². The van der Waals surface area contributed by atoms with Crippen LogP contribution in [0.1, 0.15) is 51.0 Å². The van der Waals surface area contributed by atoms with Crippen LogP contribution in [-0.4, -0.2) is 57.0 Å². The third kappa shape index (κ3) is 3.56. The molecule has 1 saturated carbocycles. The second kappa shape index (κ2) is 7.71. The highest BCUT2D eigenvalue weighted by atomic mass is 16.7. The molecule has 1 aromatic rings. The summed E-state index contributed by atoms with van der Waals surface area (Å²) in [5, 5.41) is 3.56. The fourth-order valence-corrected chi connectivity index (χ4v) is 5.38. The molecule has 0 radical (unpaired) electrons. The number of hydrogen-bond donors (Lipinski definition) is 1. The summed E-state index contributed by atoms with van der Waals surface area (Å²) in [4.78, 5) is 7.68. The van der Waals surface area contributed by atoms with Gasteiger partial charge in [-0.15, -0.1) is 0 Å². The molecule has 1 N–H and O–H groups in total. The molecule has 4 aliphatic rings. The molecular formula is C23H33N3O3. The smallest absolute Gasteiger partial charge is 0.231 e. The zero-order valence-electron chi connectivity index (χ0n) is 17.5. The van der Waals surface area contributed by atoms with Gasteiger partial charge in [-0.2, -0.15) is 0 Å². The molecule has 6 nitrogen and oxygen atoms in total. The minimum Gasteiger partial charge on any atom is -0.454 e. The van der Waals surface area contributed by atoms with E-state index in [9.17, 15) is 0 Å². The first kappa shape index (κ1) is 19.0. The molecule has 29 heavy (non-hydrogen) atoms. The van der Waals surface area contributed by atoms with Gasteiger partial charge in [0.15, 0.2) is 17.5 Å². The van der Waals surface area contributed by atoms with Crippen LogP contribution < -0.4 is 14.8 Å². The third-order valence-electron chi connectivity index (χ3n) is 7.45. The van der Waals surface area contributed by atoms with Crippen molar-refractivity contribution in [3.63, 3.8) is 0 Å². The SMILES string of the molecule is CCNC(=NCC1(c2ccc3c(c2)OCO3)CCOCC1)N1CCC2(CCC2)C1. The van der Waals surface area contributed by atoms with Crippen molar-refractivity contribution in [3.8, 4) is 11.5 Å². The molecular weight excluding hydrogens is 366 g/mol. The van der Waals surface area contributed by atoms with Crippen LogP contribution in [0.25, 0.3) is 0 Å². The lowest BCUT2D eigenvalue weighted by Gasteiger charge is -2.39. The Morgan fingerprint density at radius 3 is 2.66 bits per heavy atom. The van der Waals surface area contributed by atoms with E-state index >= 15 is 0 Å². The minimum absolute atomic E-state index is 0.00617. The average Bonchev–Trinajstić information content (AvgIpc) is 3.38. The van der Waals surface area contributed by atoms with Crippen molar-refractivity contribution in [2.45, 2.75) is 50.9 Å². The monoisotopic (exact) mass is 399 g/mol. The van der Waals surface area contributed by atoms with Gasteiger partial charge in [-0.3, -0.25) is 4.99 Å². The van der Waals surface area contributed by atoms with Crippen LogP contribution >= 0.6 is 0 Å². The molecule has 1 spiro atoms. The quantitative estimate of drug-likeness (QED) is 0.622. The van der Waals surface area contributed by atoms with E-state index < -0.39 is 0 Å². The number of rotatable bonds is 4. The van der Waals surface area contributed by atoms with Crippen LogP contribution in [0.2, 0.25) is 0 Å². The van der Waals surface area contributed by atoms with Gasteiger partial charge in [0.25, 0.3) is 0 Å². The van der Waals surface area contributed by atoms with E-state index in [1.165, 1.54) is 37.8 Å². The largest absolute Gasteiger partial charge is 0.454 e. The van der Waals surface area contributed by atoms with E-state index in [0.717, 1.165) is 63.1 Å². The summed E-state index contributed by atoms with van der Waals surface area (Å²) in [5.41, 5.74) is 1.86. The third-order valence-corrected chi connectivity index (χ3v) is 7.45. The number of likely N-dealkylation sites (tertiary alicyclic amines) is 1. The lowest BCUT2D eigenvalue weighted by Crippen LogP contribution is -2.44. The van der Waals surface area contributed by atoms with Gasteiger partial charge < -0.3 is 24.4 Å². The number of nitrogens with zero attached hydrogens (tertiary/aromatic N) is 2. The van der Waals surface area contributed by atoms with Gasteiger partial charge in [-0.25, -0.2) is 0 Å². The van der Waals surface area contributed by atoms with Gasteiger partial charge in [0.1, 0.15) is 0 Å². The molecule has 3 fully saturated rings. The summed E-state index contributed by atoms with van der Waals surface area (Å²) in [6, 6.07) is 6.40. The number of guanidine groups is 1. The maximum absolute atomic E-state index is 5.71. The Labute approximate surface area is 173 Å². The second-order valence-corrected chi connectivity index (χ2v) is 9.16. The van der Waals surface area contributed by atoms with E-state index in [4.69, 9.17) is 19.2 Å². The molecule has 0 amide bonds. The molecule has 0 unspecified atom stereocenters. The molecule has 3 aliphatic heterocycles. The zero-order valence-corrected chi connectivity index (χ0v) is 17.5. The van der Waals surface area contributed by atoms with Crippen molar-refractivity contribution < 1.29 is 14.2 Å². The van der Waals surface area contributed by atoms with E-state index in [1.807, 2.05) is 6.07 Å². The average molecular weight is 400 g/mol. The summed E-state index contributed by atoms with van der Waals surface area (Å²) in [7, 11) is 0. The van der Waals surface area contributed by atoms with Gasteiger partial charge in [0.2, 0.25) is 6.79 Å². The number of nitrogens with one attached hydrogen (secondary N) is 1. The van der Waals surface area contributed by atoms with Crippen LogP contribution in [0.4, 0.5) is 0 Å². The normalized spacial score (nSPS) is 24.6. The van der Waals surface area contributed by atoms with E-state index in [-0.39, 0.29) is 5.41 Å². The zero-order chi connectivity index (χ0) is 19.7. The molecule has 0 aromatic heterocycles. The molecule has 158 valence electrons. The predicted molar refractivity (Wildman–Crippen MR) is 113 cm³/mol. The molecule has 2 saturated heterocycles. The number of ether oxygens (including phenoxy) is 3. The number of benzene rings is 1. The molecule has 5 rings (SSSR count). The van der Waals surface area contributed by atoms with Crippen LogP contribution in [0.3, 0.4) is 0 Å². The standard InChI is InChI=1S/C23H33N3O3/c1-2-24-21(26-11-8-22(16-26)6-3-7-22)25-15-23(9-12-27-13-10-23)18-4-5-19-20(14-18)29-17-28-19/h4-5,14H,2-3,6-13,15-17H2,1H3,(H,24,25). The maximum atomic E-state index is 5.71. The van der Waals surface area contributed by atoms with Crippen molar-refractivity contribution in [2.75, 3.05) is 46.2 Å². The fraction of sp³-hybridized carbons (Fsp3) is 0.696. The summed E-state index contributed by atoms with van der Waals surface area (Å²) in [6.07, 6.45) is 7.47. The van der Waals surface area contributed by atoms with Gasteiger partial charge in [-0.1, -0.05) is 12.5 Å². The summed E-state index contributed by atoms with van der Waals surface area (Å²) < 4.78 is 16.9. The van der Waals surface area contributed by atoms with Crippen molar-refractivity contribution in [3.05, 3.63) is 23.8 Å². The first-order chi connectivity index (χ1) is 14.2. The summed E-state index contributed by atoms with van der Waals surface area (Å²) in [6.45, 7) is 8.02. The fourth-order valence-electron chi connectivity index (χ4n) is 5.38. The van der Waals surface area contributed by atoms with Crippen molar-refractivity contribution in [1.82, 2.24) is 10.2 Å². The van der Waals surface area contributed by atoms with Crippen LogP contribution in [-0.2, 0) is 10.2 Å². The Hall–Kier alpha value is -1.95. The lowest BCUT2D eigenvalue weighted by atomic mass is 9.68. The highest BCUT2D eigenvalue weighted by Crippen LogP contribution is 2.48. The van der Waals surface area contributed by atoms with Gasteiger partial charge in [-0.05, 0) is 62.1 Å². The maximum Gasteiger partial charge on any atom is 0.231 e. The Kier molecular flexibility index (Phi) is 5.06. The first-order valence-corrected chi connectivity index (χ1v) is 11.2. The predicted octanol–water partition coefficient (Wildman–Crippen LogP) is 3.31. The molecule has 3 heterocycles. The molecule has 6 heteroatoms. The highest BCUT2D eigenvalue weighted by molar-refractivity contribution is 5.80. The van der Waals surface area contributed by atoms with Gasteiger partial charge in [0, 0.05) is 38.3 Å². The number of aliphatic imine (C=N–C) groups is 1. The van der Waals surface area contributed by atoms with Crippen molar-refractivity contribution in [2.24, 2.45) is 10.4 Å². The lowest BCUT2D eigenvalue weighted by molar-refractivity contribution is 0.0529. The number of hydrogen-bond acceptors (Lipinski definition) is 4. The first-order valence-electron chi connectivity index (χ1n) is 11.2. The van der Waals surface area contributed by atoms with Crippen molar-refractivity contribution >= 4 is 5.96 Å². The Bertz CT molecular complexity index is 769. The van der Waals surface area contributed by atoms with Gasteiger partial charge in [0.05, 0.1) is 6.54 Å². The Morgan fingerprint density at radius 2 is 1.93 bits per heavy atom. The molecule has 1 aliphatic carbocycles. The van der Waals surface area contributed by atoms with E-state index in [1.54, 1.807) is 0 Å². The van der Waals surface area contributed by atoms with E-state index in [0.29, 0.717) is 12.2 Å². The van der Waals surface area contributed by atoms with Crippen LogP contribution in [0, 0.1) is 5.41 Å². The topological polar surface area (TPSA) is 55.3 Å². The summed E-state index contributed by atoms with van der Waals surface area (Å²) >= 11 is 0. The Balaban J connectivity index is 1.39. The second-order valence-electron chi connectivity index (χ2n) is 9.16. The Morgan fingerprint density at radius 1 is 1.10 bits per heavy atom. The van der Waals surface area contributed by atoms with Crippen LogP contribution in [0.5, 0.6) is 11.5 Å².